The SMILES string of the molecule is O=S(=O)(c1ccccc1)c1ccc(N[C@@H]2C[C@@H]3CN(Cc4ccc5c(c4)OCO5)C[C@@H]3C2)nn1. The predicted molar refractivity (Wildman–Crippen MR) is 125 cm³/mol. The molecule has 0 unspecified atom stereocenters. The average Bonchev–Trinajstić information content (AvgIpc) is 3.55. The van der Waals surface area contributed by atoms with Crippen LogP contribution in [0, 0.1) is 11.8 Å². The Morgan fingerprint density at radius 3 is 2.41 bits per heavy atom. The maximum atomic E-state index is 12.7. The van der Waals surface area contributed by atoms with Gasteiger partial charge in [0.15, 0.2) is 16.5 Å². The number of sulfone groups is 1. The number of likely N-dealkylation sites (tertiary alicyclic amines) is 1. The average molecular weight is 479 g/mol. The van der Waals surface area contributed by atoms with Crippen molar-refractivity contribution in [2.24, 2.45) is 11.8 Å². The third-order valence-electron chi connectivity index (χ3n) is 6.99. The molecular formula is C25H26N4O4S. The Labute approximate surface area is 198 Å². The largest absolute Gasteiger partial charge is 0.454 e. The molecule has 6 rings (SSSR count). The first-order valence-electron chi connectivity index (χ1n) is 11.6. The van der Waals surface area contributed by atoms with Crippen molar-refractivity contribution in [3.63, 3.8) is 0 Å². The van der Waals surface area contributed by atoms with Crippen LogP contribution in [0.1, 0.15) is 18.4 Å². The third-order valence-corrected chi connectivity index (χ3v) is 8.65. The molecule has 3 aliphatic rings. The second kappa shape index (κ2) is 8.56. The van der Waals surface area contributed by atoms with Gasteiger partial charge in [0, 0.05) is 25.7 Å². The summed E-state index contributed by atoms with van der Waals surface area (Å²) < 4.78 is 36.3. The molecule has 3 aromatic rings. The van der Waals surface area contributed by atoms with Crippen molar-refractivity contribution in [1.29, 1.82) is 0 Å². The van der Waals surface area contributed by atoms with Crippen molar-refractivity contribution in [2.75, 3.05) is 25.2 Å². The molecule has 3 atom stereocenters. The summed E-state index contributed by atoms with van der Waals surface area (Å²) in [6, 6.07) is 18.1. The standard InChI is InChI=1S/C25H26N4O4S/c30-34(31,21-4-2-1-3-5-21)25-9-8-24(27-28-25)26-20-11-18-14-29(15-19(18)12-20)13-17-6-7-22-23(10-17)33-16-32-22/h1-10,18-20H,11-16H2,(H,26,27)/t18-,19+,20-. The van der Waals surface area contributed by atoms with Crippen LogP contribution >= 0.6 is 0 Å². The second-order valence-electron chi connectivity index (χ2n) is 9.29. The number of nitrogens with one attached hydrogen (secondary N) is 1. The number of ether oxygens (including phenoxy) is 2. The first-order chi connectivity index (χ1) is 16.5. The molecule has 0 amide bonds. The molecule has 0 bridgehead atoms. The number of aromatic nitrogens is 2. The zero-order valence-electron chi connectivity index (χ0n) is 18.6. The van der Waals surface area contributed by atoms with E-state index in [0.717, 1.165) is 44.0 Å². The summed E-state index contributed by atoms with van der Waals surface area (Å²) in [5, 5.41) is 11.6. The molecule has 0 radical (unpaired) electrons. The van der Waals surface area contributed by atoms with E-state index in [-0.39, 0.29) is 9.92 Å². The first kappa shape index (κ1) is 21.4. The van der Waals surface area contributed by atoms with Crippen LogP contribution in [0.5, 0.6) is 11.5 Å². The van der Waals surface area contributed by atoms with Gasteiger partial charge in [0.05, 0.1) is 4.90 Å². The van der Waals surface area contributed by atoms with E-state index >= 15 is 0 Å². The normalized spacial score (nSPS) is 23.7. The number of rotatable bonds is 6. The molecule has 1 aromatic heterocycles. The van der Waals surface area contributed by atoms with E-state index in [1.54, 1.807) is 36.4 Å². The van der Waals surface area contributed by atoms with Crippen LogP contribution in [0.3, 0.4) is 0 Å². The van der Waals surface area contributed by atoms with Crippen LogP contribution in [0.25, 0.3) is 0 Å². The minimum absolute atomic E-state index is 0.0355. The van der Waals surface area contributed by atoms with Gasteiger partial charge in [0.2, 0.25) is 16.6 Å². The van der Waals surface area contributed by atoms with E-state index in [0.29, 0.717) is 30.5 Å². The lowest BCUT2D eigenvalue weighted by Crippen LogP contribution is -2.25. The van der Waals surface area contributed by atoms with Crippen LogP contribution in [-0.4, -0.2) is 49.4 Å². The molecule has 1 saturated heterocycles. The molecule has 3 heterocycles. The van der Waals surface area contributed by atoms with Crippen molar-refractivity contribution in [1.82, 2.24) is 15.1 Å². The number of nitrogens with zero attached hydrogens (tertiary/aromatic N) is 3. The summed E-state index contributed by atoms with van der Waals surface area (Å²) in [6.07, 6.45) is 2.15. The summed E-state index contributed by atoms with van der Waals surface area (Å²) in [6.45, 7) is 3.38. The molecule has 176 valence electrons. The van der Waals surface area contributed by atoms with Crippen molar-refractivity contribution >= 4 is 15.7 Å². The van der Waals surface area contributed by atoms with E-state index in [2.05, 4.69) is 32.5 Å². The Kier molecular flexibility index (Phi) is 5.38. The van der Waals surface area contributed by atoms with Gasteiger partial charge in [-0.1, -0.05) is 24.3 Å². The van der Waals surface area contributed by atoms with Gasteiger partial charge in [-0.3, -0.25) is 4.90 Å². The zero-order chi connectivity index (χ0) is 23.1. The van der Waals surface area contributed by atoms with Gasteiger partial charge in [-0.2, -0.15) is 0 Å². The fourth-order valence-electron chi connectivity index (χ4n) is 5.41. The monoisotopic (exact) mass is 478 g/mol. The van der Waals surface area contributed by atoms with Crippen LogP contribution in [-0.2, 0) is 16.4 Å². The molecule has 1 aliphatic carbocycles. The highest BCUT2D eigenvalue weighted by molar-refractivity contribution is 7.91. The maximum Gasteiger partial charge on any atom is 0.231 e. The molecule has 9 heteroatoms. The smallest absolute Gasteiger partial charge is 0.231 e. The fraction of sp³-hybridized carbons (Fsp3) is 0.360. The Morgan fingerprint density at radius 1 is 0.912 bits per heavy atom. The lowest BCUT2D eigenvalue weighted by molar-refractivity contribution is 0.174. The number of fused-ring (bicyclic) bond motifs is 2. The highest BCUT2D eigenvalue weighted by Gasteiger charge is 2.41. The predicted octanol–water partition coefficient (Wildman–Crippen LogP) is 3.36. The highest BCUT2D eigenvalue weighted by Crippen LogP contribution is 2.40. The molecule has 34 heavy (non-hydrogen) atoms. The molecular weight excluding hydrogens is 452 g/mol. The van der Waals surface area contributed by atoms with Crippen molar-refractivity contribution in [2.45, 2.75) is 35.3 Å². The molecule has 8 nitrogen and oxygen atoms in total. The minimum Gasteiger partial charge on any atom is -0.454 e. The molecule has 2 aromatic carbocycles. The molecule has 2 fully saturated rings. The lowest BCUT2D eigenvalue weighted by atomic mass is 10.0. The Hall–Kier alpha value is -3.17. The van der Waals surface area contributed by atoms with Gasteiger partial charge >= 0.3 is 0 Å². The highest BCUT2D eigenvalue weighted by atomic mass is 32.2. The van der Waals surface area contributed by atoms with Gasteiger partial charge in [0.25, 0.3) is 0 Å². The number of anilines is 1. The van der Waals surface area contributed by atoms with E-state index in [9.17, 15) is 8.42 Å². The van der Waals surface area contributed by atoms with Crippen LogP contribution in [0.4, 0.5) is 5.82 Å². The molecule has 1 N–H and O–H groups in total. The van der Waals surface area contributed by atoms with Crippen LogP contribution in [0.15, 0.2) is 70.6 Å². The lowest BCUT2D eigenvalue weighted by Gasteiger charge is -2.20. The van der Waals surface area contributed by atoms with Gasteiger partial charge in [-0.05, 0) is 66.6 Å². The van der Waals surface area contributed by atoms with Crippen molar-refractivity contribution < 1.29 is 17.9 Å². The molecule has 2 aliphatic heterocycles. The summed E-state index contributed by atoms with van der Waals surface area (Å²) >= 11 is 0. The summed E-state index contributed by atoms with van der Waals surface area (Å²) in [5.41, 5.74) is 1.25. The fourth-order valence-corrected chi connectivity index (χ4v) is 6.56. The summed E-state index contributed by atoms with van der Waals surface area (Å²) in [4.78, 5) is 2.74. The van der Waals surface area contributed by atoms with Crippen molar-refractivity contribution in [3.8, 4) is 11.5 Å². The van der Waals surface area contributed by atoms with E-state index in [1.807, 2.05) is 6.07 Å². The number of benzene rings is 2. The zero-order valence-corrected chi connectivity index (χ0v) is 19.4. The van der Waals surface area contributed by atoms with E-state index in [4.69, 9.17) is 9.47 Å². The van der Waals surface area contributed by atoms with Crippen LogP contribution in [0.2, 0.25) is 0 Å². The Bertz CT molecular complexity index is 1270. The number of hydrogen-bond acceptors (Lipinski definition) is 8. The van der Waals surface area contributed by atoms with Gasteiger partial charge < -0.3 is 14.8 Å². The minimum atomic E-state index is -3.65. The summed E-state index contributed by atoms with van der Waals surface area (Å²) in [7, 11) is -3.65. The molecule has 0 spiro atoms. The number of hydrogen-bond donors (Lipinski definition) is 1. The Balaban J connectivity index is 1.04. The quantitative estimate of drug-likeness (QED) is 0.577. The van der Waals surface area contributed by atoms with Gasteiger partial charge in [0.1, 0.15) is 5.82 Å². The Morgan fingerprint density at radius 2 is 1.68 bits per heavy atom. The van der Waals surface area contributed by atoms with Crippen LogP contribution < -0.4 is 14.8 Å². The van der Waals surface area contributed by atoms with E-state index in [1.165, 1.54) is 11.6 Å². The van der Waals surface area contributed by atoms with Gasteiger partial charge in [-0.25, -0.2) is 8.42 Å². The summed E-state index contributed by atoms with van der Waals surface area (Å²) in [5.74, 6) is 3.58. The maximum absolute atomic E-state index is 12.7. The topological polar surface area (TPSA) is 93.7 Å². The third kappa shape index (κ3) is 4.10. The van der Waals surface area contributed by atoms with E-state index < -0.39 is 9.84 Å². The second-order valence-corrected chi connectivity index (χ2v) is 11.2. The molecule has 1 saturated carbocycles. The first-order valence-corrected chi connectivity index (χ1v) is 13.0. The van der Waals surface area contributed by atoms with Gasteiger partial charge in [-0.15, -0.1) is 10.2 Å². The van der Waals surface area contributed by atoms with Crippen molar-refractivity contribution in [3.05, 3.63) is 66.2 Å².